The van der Waals surface area contributed by atoms with Gasteiger partial charge in [0.05, 0.1) is 18.1 Å². The molecule has 104 valence electrons. The summed E-state index contributed by atoms with van der Waals surface area (Å²) < 4.78 is 5.36. The van der Waals surface area contributed by atoms with E-state index in [1.165, 1.54) is 0 Å². The molecule has 0 aromatic heterocycles. The zero-order chi connectivity index (χ0) is 13.7. The molecule has 1 heterocycles. The first-order chi connectivity index (χ1) is 9.15. The highest BCUT2D eigenvalue weighted by molar-refractivity contribution is 5.79. The van der Waals surface area contributed by atoms with Gasteiger partial charge in [0.15, 0.2) is 0 Å². The van der Waals surface area contributed by atoms with E-state index in [0.29, 0.717) is 13.2 Å². The third-order valence-corrected chi connectivity index (χ3v) is 3.75. The monoisotopic (exact) mass is 262 g/mol. The minimum absolute atomic E-state index is 0.0384. The van der Waals surface area contributed by atoms with Crippen molar-refractivity contribution in [3.05, 3.63) is 35.9 Å². The number of hydrogen-bond donors (Lipinski definition) is 2. The summed E-state index contributed by atoms with van der Waals surface area (Å²) in [6.45, 7) is 3.61. The molecular formula is C15H22N2O2. The number of nitrogens with one attached hydrogen (secondary N) is 1. The van der Waals surface area contributed by atoms with Crippen LogP contribution in [-0.2, 0) is 15.1 Å². The van der Waals surface area contributed by atoms with E-state index in [0.717, 1.165) is 25.0 Å². The molecule has 2 unspecified atom stereocenters. The van der Waals surface area contributed by atoms with Gasteiger partial charge >= 0.3 is 0 Å². The number of carbonyl (C=O) groups excluding carboxylic acids is 1. The van der Waals surface area contributed by atoms with E-state index in [1.54, 1.807) is 0 Å². The number of carbonyl (C=O) groups is 1. The summed E-state index contributed by atoms with van der Waals surface area (Å²) >= 11 is 0. The van der Waals surface area contributed by atoms with Crippen molar-refractivity contribution in [2.75, 3.05) is 19.8 Å². The number of nitrogens with two attached hydrogens (primary N) is 1. The van der Waals surface area contributed by atoms with Crippen molar-refractivity contribution in [2.45, 2.75) is 25.3 Å². The predicted octanol–water partition coefficient (Wildman–Crippen LogP) is 1.40. The van der Waals surface area contributed by atoms with Gasteiger partial charge in [-0.05, 0) is 25.3 Å². The van der Waals surface area contributed by atoms with Crippen LogP contribution < -0.4 is 11.1 Å². The molecule has 3 N–H and O–H groups in total. The minimum Gasteiger partial charge on any atom is -0.381 e. The van der Waals surface area contributed by atoms with Crippen LogP contribution in [0.3, 0.4) is 0 Å². The van der Waals surface area contributed by atoms with Crippen LogP contribution >= 0.6 is 0 Å². The summed E-state index contributed by atoms with van der Waals surface area (Å²) in [7, 11) is 0. The van der Waals surface area contributed by atoms with Crippen LogP contribution in [0.15, 0.2) is 30.3 Å². The van der Waals surface area contributed by atoms with E-state index < -0.39 is 5.54 Å². The smallest absolute Gasteiger partial charge is 0.226 e. The van der Waals surface area contributed by atoms with Crippen molar-refractivity contribution in [1.82, 2.24) is 5.32 Å². The quantitative estimate of drug-likeness (QED) is 0.862. The lowest BCUT2D eigenvalue weighted by Gasteiger charge is -2.32. The van der Waals surface area contributed by atoms with Crippen molar-refractivity contribution in [3.8, 4) is 0 Å². The van der Waals surface area contributed by atoms with Crippen LogP contribution in [0.5, 0.6) is 0 Å². The fraction of sp³-hybridized carbons (Fsp3) is 0.533. The molecule has 0 radical (unpaired) electrons. The SMILES string of the molecule is CC(CN)(NC(=O)C1CCCOC1)c1ccccc1. The van der Waals surface area contributed by atoms with Crippen LogP contribution in [-0.4, -0.2) is 25.7 Å². The Labute approximate surface area is 114 Å². The highest BCUT2D eigenvalue weighted by Gasteiger charge is 2.30. The summed E-state index contributed by atoms with van der Waals surface area (Å²) in [5, 5.41) is 3.09. The van der Waals surface area contributed by atoms with Crippen LogP contribution in [0.4, 0.5) is 0 Å². The molecule has 1 fully saturated rings. The Hall–Kier alpha value is -1.39. The second-order valence-electron chi connectivity index (χ2n) is 5.31. The van der Waals surface area contributed by atoms with Gasteiger partial charge in [-0.1, -0.05) is 30.3 Å². The molecule has 0 saturated carbocycles. The summed E-state index contributed by atoms with van der Waals surface area (Å²) in [5.41, 5.74) is 6.38. The molecule has 4 heteroatoms. The molecule has 1 aliphatic heterocycles. The molecule has 2 rings (SSSR count). The molecule has 0 spiro atoms. The molecule has 19 heavy (non-hydrogen) atoms. The van der Waals surface area contributed by atoms with Gasteiger partial charge in [-0.3, -0.25) is 4.79 Å². The van der Waals surface area contributed by atoms with E-state index in [4.69, 9.17) is 10.5 Å². The lowest BCUT2D eigenvalue weighted by Crippen LogP contribution is -2.51. The second-order valence-corrected chi connectivity index (χ2v) is 5.31. The van der Waals surface area contributed by atoms with Crippen LogP contribution in [0, 0.1) is 5.92 Å². The fourth-order valence-electron chi connectivity index (χ4n) is 2.37. The molecule has 1 aromatic rings. The average molecular weight is 262 g/mol. The Kier molecular flexibility index (Phi) is 4.56. The molecule has 1 amide bonds. The van der Waals surface area contributed by atoms with Gasteiger partial charge in [0, 0.05) is 13.2 Å². The first-order valence-corrected chi connectivity index (χ1v) is 6.81. The topological polar surface area (TPSA) is 64.3 Å². The van der Waals surface area contributed by atoms with E-state index in [1.807, 2.05) is 37.3 Å². The predicted molar refractivity (Wildman–Crippen MR) is 74.5 cm³/mol. The number of ether oxygens (including phenoxy) is 1. The highest BCUT2D eigenvalue weighted by Crippen LogP contribution is 2.21. The normalized spacial score (nSPS) is 22.5. The largest absolute Gasteiger partial charge is 0.381 e. The van der Waals surface area contributed by atoms with Gasteiger partial charge in [-0.15, -0.1) is 0 Å². The molecule has 1 saturated heterocycles. The van der Waals surface area contributed by atoms with Crippen LogP contribution in [0.25, 0.3) is 0 Å². The first-order valence-electron chi connectivity index (χ1n) is 6.81. The lowest BCUT2D eigenvalue weighted by molar-refractivity contribution is -0.130. The van der Waals surface area contributed by atoms with Crippen LogP contribution in [0.2, 0.25) is 0 Å². The molecule has 0 aliphatic carbocycles. The third-order valence-electron chi connectivity index (χ3n) is 3.75. The summed E-state index contributed by atoms with van der Waals surface area (Å²) in [5.74, 6) is -0.0140. The Morgan fingerprint density at radius 2 is 2.21 bits per heavy atom. The first kappa shape index (κ1) is 14.0. The van der Waals surface area contributed by atoms with Gasteiger partial charge in [-0.25, -0.2) is 0 Å². The lowest BCUT2D eigenvalue weighted by atomic mass is 9.90. The highest BCUT2D eigenvalue weighted by atomic mass is 16.5. The molecular weight excluding hydrogens is 240 g/mol. The van der Waals surface area contributed by atoms with E-state index in [-0.39, 0.29) is 11.8 Å². The summed E-state index contributed by atoms with van der Waals surface area (Å²) in [4.78, 5) is 12.3. The maximum atomic E-state index is 12.3. The van der Waals surface area contributed by atoms with Gasteiger partial charge in [0.2, 0.25) is 5.91 Å². The molecule has 1 aliphatic rings. The van der Waals surface area contributed by atoms with Gasteiger partial charge in [0.25, 0.3) is 0 Å². The Balaban J connectivity index is 2.07. The third kappa shape index (κ3) is 3.33. The van der Waals surface area contributed by atoms with E-state index >= 15 is 0 Å². The molecule has 1 aromatic carbocycles. The maximum absolute atomic E-state index is 12.3. The molecule has 0 bridgehead atoms. The second kappa shape index (κ2) is 6.17. The minimum atomic E-state index is -0.518. The van der Waals surface area contributed by atoms with Crippen molar-refractivity contribution < 1.29 is 9.53 Å². The maximum Gasteiger partial charge on any atom is 0.226 e. The summed E-state index contributed by atoms with van der Waals surface area (Å²) in [6, 6.07) is 9.85. The van der Waals surface area contributed by atoms with Crippen LogP contribution in [0.1, 0.15) is 25.3 Å². The summed E-state index contributed by atoms with van der Waals surface area (Å²) in [6.07, 6.45) is 1.84. The number of rotatable bonds is 4. The molecule has 2 atom stereocenters. The van der Waals surface area contributed by atoms with Gasteiger partial charge in [-0.2, -0.15) is 0 Å². The average Bonchev–Trinajstić information content (AvgIpc) is 2.49. The Morgan fingerprint density at radius 3 is 2.79 bits per heavy atom. The van der Waals surface area contributed by atoms with Crippen molar-refractivity contribution in [1.29, 1.82) is 0 Å². The number of benzene rings is 1. The van der Waals surface area contributed by atoms with E-state index in [2.05, 4.69) is 5.32 Å². The Morgan fingerprint density at radius 1 is 1.47 bits per heavy atom. The van der Waals surface area contributed by atoms with Crippen molar-refractivity contribution >= 4 is 5.91 Å². The Bertz CT molecular complexity index is 415. The molecule has 4 nitrogen and oxygen atoms in total. The standard InChI is InChI=1S/C15H22N2O2/c1-15(11-16,13-7-3-2-4-8-13)17-14(18)12-6-5-9-19-10-12/h2-4,7-8,12H,5-6,9-11,16H2,1H3,(H,17,18). The zero-order valence-corrected chi connectivity index (χ0v) is 11.4. The number of hydrogen-bond acceptors (Lipinski definition) is 3. The van der Waals surface area contributed by atoms with Gasteiger partial charge in [0.1, 0.15) is 0 Å². The number of amides is 1. The zero-order valence-electron chi connectivity index (χ0n) is 11.4. The van der Waals surface area contributed by atoms with Gasteiger partial charge < -0.3 is 15.8 Å². The van der Waals surface area contributed by atoms with Crippen molar-refractivity contribution in [3.63, 3.8) is 0 Å². The van der Waals surface area contributed by atoms with Crippen molar-refractivity contribution in [2.24, 2.45) is 11.7 Å². The van der Waals surface area contributed by atoms with E-state index in [9.17, 15) is 4.79 Å². The fourth-order valence-corrected chi connectivity index (χ4v) is 2.37.